The molecule has 4 rings (SSSR count). The molecule has 1 aromatic heterocycles. The summed E-state index contributed by atoms with van der Waals surface area (Å²) in [6, 6.07) is 10.6. The number of aryl methyl sites for hydroxylation is 1. The number of aromatic nitrogens is 2. The van der Waals surface area contributed by atoms with Gasteiger partial charge in [-0.05, 0) is 37.7 Å². The summed E-state index contributed by atoms with van der Waals surface area (Å²) in [5.74, 6) is 0.130. The molecule has 2 aromatic rings. The largest absolute Gasteiger partial charge is 0.336 e. The average Bonchev–Trinajstić information content (AvgIpc) is 2.85. The van der Waals surface area contributed by atoms with E-state index in [-0.39, 0.29) is 5.91 Å². The summed E-state index contributed by atoms with van der Waals surface area (Å²) in [5.41, 5.74) is 4.51. The van der Waals surface area contributed by atoms with Gasteiger partial charge >= 0.3 is 0 Å². The van der Waals surface area contributed by atoms with E-state index in [4.69, 9.17) is 0 Å². The molecule has 1 saturated heterocycles. The van der Waals surface area contributed by atoms with Crippen LogP contribution in [0.3, 0.4) is 0 Å². The van der Waals surface area contributed by atoms with Gasteiger partial charge in [0.25, 0.3) is 5.91 Å². The first kappa shape index (κ1) is 17.3. The van der Waals surface area contributed by atoms with E-state index in [9.17, 15) is 4.79 Å². The Labute approximate surface area is 155 Å². The van der Waals surface area contributed by atoms with Gasteiger partial charge in [-0.25, -0.2) is 0 Å². The van der Waals surface area contributed by atoms with Gasteiger partial charge in [0.1, 0.15) is 0 Å². The second-order valence-corrected chi connectivity index (χ2v) is 7.51. The van der Waals surface area contributed by atoms with Crippen molar-refractivity contribution in [3.63, 3.8) is 0 Å². The van der Waals surface area contributed by atoms with Gasteiger partial charge in [0.2, 0.25) is 0 Å². The highest BCUT2D eigenvalue weighted by atomic mass is 16.2. The molecule has 1 amide bonds. The second kappa shape index (κ2) is 7.62. The third-order valence-electron chi connectivity index (χ3n) is 5.69. The normalized spacial score (nSPS) is 18.4. The van der Waals surface area contributed by atoms with Gasteiger partial charge in [0, 0.05) is 51.0 Å². The molecule has 2 aliphatic rings. The van der Waals surface area contributed by atoms with Gasteiger partial charge in [-0.2, -0.15) is 5.10 Å². The molecule has 2 heterocycles. The number of rotatable bonds is 3. The van der Waals surface area contributed by atoms with Gasteiger partial charge in [-0.15, -0.1) is 0 Å². The summed E-state index contributed by atoms with van der Waals surface area (Å²) < 4.78 is 1.93. The molecular formula is C21H28N4O. The summed E-state index contributed by atoms with van der Waals surface area (Å²) in [4.78, 5) is 17.6. The van der Waals surface area contributed by atoms with E-state index in [1.165, 1.54) is 29.7 Å². The van der Waals surface area contributed by atoms with Gasteiger partial charge in [-0.3, -0.25) is 14.4 Å². The van der Waals surface area contributed by atoms with Crippen LogP contribution in [0.1, 0.15) is 46.6 Å². The Morgan fingerprint density at radius 2 is 1.81 bits per heavy atom. The van der Waals surface area contributed by atoms with Gasteiger partial charge in [0.15, 0.2) is 5.69 Å². The molecular weight excluding hydrogens is 324 g/mol. The number of carbonyl (C=O) groups is 1. The van der Waals surface area contributed by atoms with Crippen molar-refractivity contribution in [3.05, 3.63) is 52.8 Å². The van der Waals surface area contributed by atoms with Crippen LogP contribution in [-0.2, 0) is 26.4 Å². The quantitative estimate of drug-likeness (QED) is 0.853. The lowest BCUT2D eigenvalue weighted by atomic mass is 9.95. The topological polar surface area (TPSA) is 41.4 Å². The molecule has 26 heavy (non-hydrogen) atoms. The van der Waals surface area contributed by atoms with E-state index in [0.717, 1.165) is 52.0 Å². The zero-order chi connectivity index (χ0) is 17.9. The summed E-state index contributed by atoms with van der Waals surface area (Å²) in [5, 5.41) is 4.60. The Kier molecular flexibility index (Phi) is 5.07. The van der Waals surface area contributed by atoms with E-state index < -0.39 is 0 Å². The zero-order valence-corrected chi connectivity index (χ0v) is 15.7. The van der Waals surface area contributed by atoms with Crippen molar-refractivity contribution in [3.8, 4) is 0 Å². The molecule has 1 fully saturated rings. The molecule has 1 aliphatic carbocycles. The van der Waals surface area contributed by atoms with Crippen LogP contribution >= 0.6 is 0 Å². The smallest absolute Gasteiger partial charge is 0.274 e. The molecule has 0 saturated carbocycles. The zero-order valence-electron chi connectivity index (χ0n) is 15.7. The van der Waals surface area contributed by atoms with Gasteiger partial charge in [-0.1, -0.05) is 30.3 Å². The number of hydrogen-bond acceptors (Lipinski definition) is 3. The predicted molar refractivity (Wildman–Crippen MR) is 102 cm³/mol. The van der Waals surface area contributed by atoms with Crippen molar-refractivity contribution in [2.75, 3.05) is 26.2 Å². The lowest BCUT2D eigenvalue weighted by Gasteiger charge is -2.22. The minimum absolute atomic E-state index is 0.130. The van der Waals surface area contributed by atoms with E-state index in [1.54, 1.807) is 0 Å². The average molecular weight is 352 g/mol. The summed E-state index contributed by atoms with van der Waals surface area (Å²) >= 11 is 0. The first-order chi connectivity index (χ1) is 12.7. The van der Waals surface area contributed by atoms with E-state index in [1.807, 2.05) is 16.6 Å². The predicted octanol–water partition coefficient (Wildman–Crippen LogP) is 2.65. The number of amides is 1. The summed E-state index contributed by atoms with van der Waals surface area (Å²) in [6.07, 6.45) is 5.45. The fourth-order valence-electron chi connectivity index (χ4n) is 4.27. The first-order valence-corrected chi connectivity index (χ1v) is 9.82. The van der Waals surface area contributed by atoms with Crippen LogP contribution in [0.4, 0.5) is 0 Å². The molecule has 1 aromatic carbocycles. The Hall–Kier alpha value is -2.14. The lowest BCUT2D eigenvalue weighted by molar-refractivity contribution is 0.0753. The highest BCUT2D eigenvalue weighted by molar-refractivity contribution is 5.94. The van der Waals surface area contributed by atoms with Crippen LogP contribution in [-0.4, -0.2) is 51.7 Å². The second-order valence-electron chi connectivity index (χ2n) is 7.51. The van der Waals surface area contributed by atoms with E-state index in [2.05, 4.69) is 40.3 Å². The van der Waals surface area contributed by atoms with Gasteiger partial charge in [0.05, 0.1) is 0 Å². The molecule has 0 radical (unpaired) electrons. The minimum Gasteiger partial charge on any atom is -0.336 e. The number of hydrogen-bond donors (Lipinski definition) is 0. The van der Waals surface area contributed by atoms with E-state index >= 15 is 0 Å². The molecule has 0 unspecified atom stereocenters. The number of fused-ring (bicyclic) bond motifs is 1. The third-order valence-corrected chi connectivity index (χ3v) is 5.69. The standard InChI is InChI=1S/C21H28N4O/c1-23-19-11-6-5-10-18(19)20(22-23)21(26)25-13-7-12-24(14-15-25)16-17-8-3-2-4-9-17/h2-4,8-9H,5-7,10-16H2,1H3. The number of nitrogens with zero attached hydrogens (tertiary/aromatic N) is 4. The molecule has 0 bridgehead atoms. The fraction of sp³-hybridized carbons (Fsp3) is 0.524. The Bertz CT molecular complexity index is 768. The first-order valence-electron chi connectivity index (χ1n) is 9.82. The molecule has 1 aliphatic heterocycles. The van der Waals surface area contributed by atoms with Crippen LogP contribution in [0.15, 0.2) is 30.3 Å². The minimum atomic E-state index is 0.130. The van der Waals surface area contributed by atoms with Crippen LogP contribution in [0.5, 0.6) is 0 Å². The van der Waals surface area contributed by atoms with Crippen molar-refractivity contribution in [1.82, 2.24) is 19.6 Å². The monoisotopic (exact) mass is 352 g/mol. The van der Waals surface area contributed by atoms with Gasteiger partial charge < -0.3 is 4.90 Å². The molecule has 138 valence electrons. The van der Waals surface area contributed by atoms with Crippen LogP contribution in [0.2, 0.25) is 0 Å². The summed E-state index contributed by atoms with van der Waals surface area (Å²) in [6.45, 7) is 4.54. The maximum atomic E-state index is 13.1. The molecule has 0 spiro atoms. The Morgan fingerprint density at radius 3 is 2.65 bits per heavy atom. The van der Waals surface area contributed by atoms with Crippen molar-refractivity contribution in [1.29, 1.82) is 0 Å². The Balaban J connectivity index is 1.43. The SMILES string of the molecule is Cn1nc(C(=O)N2CCCN(Cc3ccccc3)CC2)c2c1CCCC2. The van der Waals surface area contributed by atoms with Crippen molar-refractivity contribution in [2.24, 2.45) is 7.05 Å². The highest BCUT2D eigenvalue weighted by Crippen LogP contribution is 2.25. The van der Waals surface area contributed by atoms with Crippen LogP contribution in [0, 0.1) is 0 Å². The molecule has 0 N–H and O–H groups in total. The molecule has 5 nitrogen and oxygen atoms in total. The lowest BCUT2D eigenvalue weighted by Crippen LogP contribution is -2.35. The highest BCUT2D eigenvalue weighted by Gasteiger charge is 2.28. The van der Waals surface area contributed by atoms with Crippen LogP contribution < -0.4 is 0 Å². The molecule has 0 atom stereocenters. The Morgan fingerprint density at radius 1 is 1.00 bits per heavy atom. The van der Waals surface area contributed by atoms with Crippen LogP contribution in [0.25, 0.3) is 0 Å². The third kappa shape index (κ3) is 3.54. The maximum absolute atomic E-state index is 13.1. The fourth-order valence-corrected chi connectivity index (χ4v) is 4.27. The van der Waals surface area contributed by atoms with Crippen molar-refractivity contribution in [2.45, 2.75) is 38.6 Å². The maximum Gasteiger partial charge on any atom is 0.274 e. The molecule has 5 heteroatoms. The van der Waals surface area contributed by atoms with Crippen molar-refractivity contribution >= 4 is 5.91 Å². The number of carbonyl (C=O) groups excluding carboxylic acids is 1. The number of benzene rings is 1. The summed E-state index contributed by atoms with van der Waals surface area (Å²) in [7, 11) is 1.98. The van der Waals surface area contributed by atoms with E-state index in [0.29, 0.717) is 5.69 Å². The van der Waals surface area contributed by atoms with Crippen molar-refractivity contribution < 1.29 is 4.79 Å².